The fraction of sp³-hybridized carbons (Fsp3) is 0.385. The fourth-order valence-corrected chi connectivity index (χ4v) is 1.98. The average Bonchev–Trinajstić information content (AvgIpc) is 2.48. The van der Waals surface area contributed by atoms with Gasteiger partial charge < -0.3 is 20.5 Å². The first-order valence-corrected chi connectivity index (χ1v) is 6.24. The first-order chi connectivity index (χ1) is 9.61. The molecule has 2 amide bonds. The van der Waals surface area contributed by atoms with Crippen LogP contribution >= 0.6 is 0 Å². The minimum absolute atomic E-state index is 0.340. The molecule has 0 aromatic heterocycles. The summed E-state index contributed by atoms with van der Waals surface area (Å²) in [5, 5.41) is 3.01. The van der Waals surface area contributed by atoms with Crippen LogP contribution in [0.2, 0.25) is 0 Å². The van der Waals surface area contributed by atoms with Gasteiger partial charge in [0.05, 0.1) is 7.11 Å². The third kappa shape index (κ3) is 3.18. The molecule has 1 aliphatic rings. The van der Waals surface area contributed by atoms with Crippen LogP contribution < -0.4 is 20.5 Å². The molecule has 0 radical (unpaired) electrons. The zero-order valence-electron chi connectivity index (χ0n) is 11.2. The Morgan fingerprint density at radius 1 is 1.30 bits per heavy atom. The highest BCUT2D eigenvalue weighted by molar-refractivity contribution is 5.85. The Kier molecular flexibility index (Phi) is 4.41. The van der Waals surface area contributed by atoms with Crippen molar-refractivity contribution >= 4 is 12.0 Å². The van der Waals surface area contributed by atoms with Crippen LogP contribution in [-0.2, 0) is 4.79 Å². The number of hydrogen-bond donors (Lipinski definition) is 2. The highest BCUT2D eigenvalue weighted by Gasteiger charge is 2.31. The van der Waals surface area contributed by atoms with Crippen molar-refractivity contribution in [2.24, 2.45) is 5.73 Å². The summed E-state index contributed by atoms with van der Waals surface area (Å²) in [6.45, 7) is 1.32. The summed E-state index contributed by atoms with van der Waals surface area (Å²) in [7, 11) is 1.55. The van der Waals surface area contributed by atoms with E-state index in [-0.39, 0.29) is 0 Å². The second kappa shape index (κ2) is 6.25. The SMILES string of the molecule is COc1ccc(OC(=O)N2CCNCC2C(N)=O)cc1. The van der Waals surface area contributed by atoms with Crippen LogP contribution in [0.3, 0.4) is 0 Å². The Hall–Kier alpha value is -2.28. The third-order valence-electron chi connectivity index (χ3n) is 3.07. The van der Waals surface area contributed by atoms with Gasteiger partial charge in [0.15, 0.2) is 0 Å². The average molecular weight is 279 g/mol. The number of nitrogens with two attached hydrogens (primary N) is 1. The summed E-state index contributed by atoms with van der Waals surface area (Å²) in [4.78, 5) is 24.7. The van der Waals surface area contributed by atoms with E-state index in [0.717, 1.165) is 0 Å². The lowest BCUT2D eigenvalue weighted by atomic mass is 10.2. The number of ether oxygens (including phenoxy) is 2. The van der Waals surface area contributed by atoms with Gasteiger partial charge in [0.2, 0.25) is 5.91 Å². The second-order valence-corrected chi connectivity index (χ2v) is 4.36. The summed E-state index contributed by atoms with van der Waals surface area (Å²) in [6.07, 6.45) is -0.583. The van der Waals surface area contributed by atoms with E-state index in [1.807, 2.05) is 0 Å². The summed E-state index contributed by atoms with van der Waals surface area (Å²) in [6, 6.07) is 5.93. The number of piperazine rings is 1. The van der Waals surface area contributed by atoms with Gasteiger partial charge in [-0.2, -0.15) is 0 Å². The van der Waals surface area contributed by atoms with E-state index < -0.39 is 18.0 Å². The number of carbonyl (C=O) groups excluding carboxylic acids is 2. The van der Waals surface area contributed by atoms with Gasteiger partial charge in [-0.25, -0.2) is 4.79 Å². The molecule has 0 bridgehead atoms. The van der Waals surface area contributed by atoms with Crippen LogP contribution in [0.5, 0.6) is 11.5 Å². The molecule has 1 unspecified atom stereocenters. The van der Waals surface area contributed by atoms with Crippen molar-refractivity contribution in [2.45, 2.75) is 6.04 Å². The quantitative estimate of drug-likeness (QED) is 0.809. The van der Waals surface area contributed by atoms with Crippen LogP contribution in [0, 0.1) is 0 Å². The van der Waals surface area contributed by atoms with E-state index >= 15 is 0 Å². The maximum absolute atomic E-state index is 12.1. The monoisotopic (exact) mass is 279 g/mol. The number of rotatable bonds is 3. The Morgan fingerprint density at radius 3 is 2.55 bits per heavy atom. The Morgan fingerprint density at radius 2 is 1.95 bits per heavy atom. The standard InChI is InChI=1S/C13H17N3O4/c1-19-9-2-4-10(5-3-9)20-13(18)16-7-6-15-8-11(16)12(14)17/h2-5,11,15H,6-8H2,1H3,(H2,14,17). The summed E-state index contributed by atoms with van der Waals surface area (Å²) < 4.78 is 10.2. The molecule has 1 saturated heterocycles. The number of nitrogens with zero attached hydrogens (tertiary/aromatic N) is 1. The van der Waals surface area contributed by atoms with E-state index in [0.29, 0.717) is 31.1 Å². The molecule has 2 rings (SSSR count). The minimum Gasteiger partial charge on any atom is -0.497 e. The van der Waals surface area contributed by atoms with Gasteiger partial charge in [-0.1, -0.05) is 0 Å². The number of primary amides is 1. The Balaban J connectivity index is 2.03. The molecular formula is C13H17N3O4. The molecule has 7 nitrogen and oxygen atoms in total. The third-order valence-corrected chi connectivity index (χ3v) is 3.07. The van der Waals surface area contributed by atoms with Gasteiger partial charge in [0, 0.05) is 19.6 Å². The van der Waals surface area contributed by atoms with E-state index in [1.54, 1.807) is 31.4 Å². The second-order valence-electron chi connectivity index (χ2n) is 4.36. The van der Waals surface area contributed by atoms with Gasteiger partial charge in [0.1, 0.15) is 17.5 Å². The highest BCUT2D eigenvalue weighted by atomic mass is 16.6. The zero-order valence-corrected chi connectivity index (χ0v) is 11.2. The van der Waals surface area contributed by atoms with Gasteiger partial charge in [-0.15, -0.1) is 0 Å². The number of amides is 2. The molecule has 1 aromatic carbocycles. The molecule has 108 valence electrons. The molecule has 1 aliphatic heterocycles. The van der Waals surface area contributed by atoms with Crippen LogP contribution in [0.15, 0.2) is 24.3 Å². The van der Waals surface area contributed by atoms with E-state index in [9.17, 15) is 9.59 Å². The van der Waals surface area contributed by atoms with E-state index in [1.165, 1.54) is 4.90 Å². The molecule has 1 fully saturated rings. The maximum atomic E-state index is 12.1. The lowest BCUT2D eigenvalue weighted by Crippen LogP contribution is -2.59. The number of nitrogens with one attached hydrogen (secondary N) is 1. The molecule has 0 aliphatic carbocycles. The Labute approximate surface area is 116 Å². The fourth-order valence-electron chi connectivity index (χ4n) is 1.98. The van der Waals surface area contributed by atoms with Crippen molar-refractivity contribution in [2.75, 3.05) is 26.7 Å². The highest BCUT2D eigenvalue weighted by Crippen LogP contribution is 2.18. The molecule has 0 saturated carbocycles. The van der Waals surface area contributed by atoms with Gasteiger partial charge >= 0.3 is 6.09 Å². The predicted octanol–water partition coefficient (Wildman–Crippen LogP) is -0.0469. The number of carbonyl (C=O) groups is 2. The smallest absolute Gasteiger partial charge is 0.416 e. The van der Waals surface area contributed by atoms with E-state index in [2.05, 4.69) is 5.32 Å². The van der Waals surface area contributed by atoms with Crippen molar-refractivity contribution in [3.05, 3.63) is 24.3 Å². The lowest BCUT2D eigenvalue weighted by Gasteiger charge is -2.33. The van der Waals surface area contributed by atoms with E-state index in [4.69, 9.17) is 15.2 Å². The van der Waals surface area contributed by atoms with Crippen LogP contribution in [0.4, 0.5) is 4.79 Å². The number of methoxy groups -OCH3 is 1. The summed E-state index contributed by atoms with van der Waals surface area (Å²) in [5.74, 6) is 0.503. The topological polar surface area (TPSA) is 93.9 Å². The van der Waals surface area contributed by atoms with Crippen molar-refractivity contribution in [1.82, 2.24) is 10.2 Å². The normalized spacial score (nSPS) is 18.4. The molecule has 7 heteroatoms. The molecule has 1 atom stereocenters. The zero-order chi connectivity index (χ0) is 14.5. The lowest BCUT2D eigenvalue weighted by molar-refractivity contribution is -0.123. The molecule has 0 spiro atoms. The van der Waals surface area contributed by atoms with Crippen molar-refractivity contribution in [1.29, 1.82) is 0 Å². The van der Waals surface area contributed by atoms with Crippen LogP contribution in [0.1, 0.15) is 0 Å². The molecular weight excluding hydrogens is 262 g/mol. The van der Waals surface area contributed by atoms with Crippen molar-refractivity contribution in [3.63, 3.8) is 0 Å². The van der Waals surface area contributed by atoms with Gasteiger partial charge in [-0.05, 0) is 24.3 Å². The molecule has 1 aromatic rings. The number of benzene rings is 1. The minimum atomic E-state index is -0.686. The van der Waals surface area contributed by atoms with Crippen LogP contribution in [0.25, 0.3) is 0 Å². The summed E-state index contributed by atoms with van der Waals surface area (Å²) in [5.41, 5.74) is 5.28. The first kappa shape index (κ1) is 14.1. The van der Waals surface area contributed by atoms with Crippen molar-refractivity contribution < 1.29 is 19.1 Å². The largest absolute Gasteiger partial charge is 0.497 e. The number of hydrogen-bond acceptors (Lipinski definition) is 5. The van der Waals surface area contributed by atoms with Crippen molar-refractivity contribution in [3.8, 4) is 11.5 Å². The van der Waals surface area contributed by atoms with Gasteiger partial charge in [0.25, 0.3) is 0 Å². The molecule has 3 N–H and O–H groups in total. The molecule has 1 heterocycles. The summed E-state index contributed by atoms with van der Waals surface area (Å²) >= 11 is 0. The van der Waals surface area contributed by atoms with Crippen LogP contribution in [-0.4, -0.2) is 49.7 Å². The maximum Gasteiger partial charge on any atom is 0.416 e. The predicted molar refractivity (Wildman–Crippen MR) is 71.6 cm³/mol. The first-order valence-electron chi connectivity index (χ1n) is 6.24. The molecule has 20 heavy (non-hydrogen) atoms. The Bertz CT molecular complexity index is 489. The van der Waals surface area contributed by atoms with Gasteiger partial charge in [-0.3, -0.25) is 9.69 Å².